The Morgan fingerprint density at radius 1 is 0.778 bits per heavy atom. The fraction of sp³-hybridized carbons (Fsp3) is 0.0769. The van der Waals surface area contributed by atoms with Crippen molar-refractivity contribution < 1.29 is 0 Å². The Kier molecular flexibility index (Phi) is 4.42. The molecule has 18 heavy (non-hydrogen) atoms. The standard InChI is InChI=1S/C13H10S3Se2/c1-9-4-5-11(15-9)18-13-7-6-12(16-13)17-10-3-2-8-14-10/h2-8H,1H3. The number of thiophene rings is 3. The van der Waals surface area contributed by atoms with E-state index in [0.29, 0.717) is 29.9 Å². The van der Waals surface area contributed by atoms with Gasteiger partial charge in [-0.15, -0.1) is 0 Å². The fourth-order valence-electron chi connectivity index (χ4n) is 1.40. The topological polar surface area (TPSA) is 0 Å². The van der Waals surface area contributed by atoms with Crippen molar-refractivity contribution in [1.29, 1.82) is 0 Å². The van der Waals surface area contributed by atoms with E-state index in [1.807, 2.05) is 34.0 Å². The van der Waals surface area contributed by atoms with Gasteiger partial charge < -0.3 is 0 Å². The van der Waals surface area contributed by atoms with E-state index < -0.39 is 0 Å². The van der Waals surface area contributed by atoms with Crippen molar-refractivity contribution in [2.75, 3.05) is 0 Å². The predicted octanol–water partition coefficient (Wildman–Crippen LogP) is 1.49. The van der Waals surface area contributed by atoms with Crippen LogP contribution < -0.4 is 15.1 Å². The molecule has 0 atom stereocenters. The van der Waals surface area contributed by atoms with E-state index in [1.54, 1.807) is 7.55 Å². The second-order valence-electron chi connectivity index (χ2n) is 3.57. The molecule has 3 rings (SSSR count). The molecule has 0 fully saturated rings. The average molecular weight is 420 g/mol. The van der Waals surface area contributed by atoms with E-state index in [-0.39, 0.29) is 0 Å². The second kappa shape index (κ2) is 6.06. The number of rotatable bonds is 4. The molecule has 0 saturated carbocycles. The number of hydrogen-bond donors (Lipinski definition) is 0. The summed E-state index contributed by atoms with van der Waals surface area (Å²) in [6, 6.07) is 13.6. The number of hydrogen-bond acceptors (Lipinski definition) is 3. The van der Waals surface area contributed by atoms with Crippen molar-refractivity contribution in [3.8, 4) is 0 Å². The molecule has 0 amide bonds. The minimum atomic E-state index is 0.507. The zero-order chi connectivity index (χ0) is 12.4. The van der Waals surface area contributed by atoms with Gasteiger partial charge in [0.15, 0.2) is 0 Å². The van der Waals surface area contributed by atoms with Crippen LogP contribution in [-0.2, 0) is 0 Å². The van der Waals surface area contributed by atoms with Crippen LogP contribution in [0.25, 0.3) is 0 Å². The summed E-state index contributed by atoms with van der Waals surface area (Å²) >= 11 is 6.84. The molecular weight excluding hydrogens is 410 g/mol. The molecule has 0 radical (unpaired) electrons. The Bertz CT molecular complexity index is 622. The third-order valence-electron chi connectivity index (χ3n) is 2.17. The van der Waals surface area contributed by atoms with Gasteiger partial charge in [0.05, 0.1) is 0 Å². The van der Waals surface area contributed by atoms with Crippen molar-refractivity contribution in [1.82, 2.24) is 0 Å². The molecule has 0 aliphatic heterocycles. The molecule has 5 heteroatoms. The first kappa shape index (κ1) is 13.1. The van der Waals surface area contributed by atoms with Crippen molar-refractivity contribution in [2.45, 2.75) is 6.92 Å². The van der Waals surface area contributed by atoms with Gasteiger partial charge in [-0.05, 0) is 0 Å². The maximum atomic E-state index is 2.32. The van der Waals surface area contributed by atoms with E-state index in [0.717, 1.165) is 0 Å². The van der Waals surface area contributed by atoms with E-state index in [2.05, 4.69) is 48.7 Å². The molecule has 3 aromatic rings. The molecule has 0 nitrogen and oxygen atoms in total. The molecule has 3 aromatic heterocycles. The summed E-state index contributed by atoms with van der Waals surface area (Å²) in [5, 5.41) is 2.17. The third kappa shape index (κ3) is 3.37. The first-order valence-corrected chi connectivity index (χ1v) is 11.3. The molecular formula is C13H10S3Se2. The van der Waals surface area contributed by atoms with Gasteiger partial charge in [0.1, 0.15) is 0 Å². The van der Waals surface area contributed by atoms with Crippen molar-refractivity contribution in [3.05, 3.63) is 46.7 Å². The van der Waals surface area contributed by atoms with Gasteiger partial charge in [-0.2, -0.15) is 0 Å². The Morgan fingerprint density at radius 2 is 1.44 bits per heavy atom. The van der Waals surface area contributed by atoms with Gasteiger partial charge in [0.25, 0.3) is 0 Å². The Hall–Kier alpha value is 0.139. The zero-order valence-electron chi connectivity index (χ0n) is 9.58. The minimum absolute atomic E-state index is 0.507. The van der Waals surface area contributed by atoms with Crippen LogP contribution >= 0.6 is 34.0 Å². The molecule has 0 bridgehead atoms. The summed E-state index contributed by atoms with van der Waals surface area (Å²) in [7, 11) is 0. The monoisotopic (exact) mass is 422 g/mol. The Morgan fingerprint density at radius 3 is 2.06 bits per heavy atom. The van der Waals surface area contributed by atoms with Gasteiger partial charge >= 0.3 is 133 Å². The molecule has 0 unspecified atom stereocenters. The first-order chi connectivity index (χ1) is 8.79. The molecule has 3 heterocycles. The van der Waals surface area contributed by atoms with Crippen molar-refractivity contribution in [3.63, 3.8) is 0 Å². The van der Waals surface area contributed by atoms with Crippen LogP contribution in [0.2, 0.25) is 0 Å². The predicted molar refractivity (Wildman–Crippen MR) is 87.7 cm³/mol. The third-order valence-corrected chi connectivity index (χ3v) is 11.0. The Labute approximate surface area is 131 Å². The van der Waals surface area contributed by atoms with E-state index in [4.69, 9.17) is 0 Å². The summed E-state index contributed by atoms with van der Waals surface area (Å²) in [6.07, 6.45) is 0. The maximum absolute atomic E-state index is 2.32. The van der Waals surface area contributed by atoms with Gasteiger partial charge in [0.2, 0.25) is 0 Å². The molecule has 0 aromatic carbocycles. The van der Waals surface area contributed by atoms with Gasteiger partial charge in [0, 0.05) is 0 Å². The molecule has 0 spiro atoms. The number of aryl methyl sites for hydroxylation is 1. The molecule has 0 aliphatic rings. The zero-order valence-corrected chi connectivity index (χ0v) is 15.5. The summed E-state index contributed by atoms with van der Waals surface area (Å²) < 4.78 is 6.17. The summed E-state index contributed by atoms with van der Waals surface area (Å²) in [6.45, 7) is 2.18. The summed E-state index contributed by atoms with van der Waals surface area (Å²) in [5.41, 5.74) is 0. The van der Waals surface area contributed by atoms with Crippen LogP contribution in [0.4, 0.5) is 0 Å². The molecule has 0 saturated heterocycles. The Balaban J connectivity index is 1.69. The van der Waals surface area contributed by atoms with Crippen LogP contribution in [0.3, 0.4) is 0 Å². The fourth-order valence-corrected chi connectivity index (χ4v) is 11.7. The van der Waals surface area contributed by atoms with Gasteiger partial charge in [-0.1, -0.05) is 0 Å². The summed E-state index contributed by atoms with van der Waals surface area (Å²) in [4.78, 5) is 1.42. The second-order valence-corrected chi connectivity index (χ2v) is 13.8. The van der Waals surface area contributed by atoms with E-state index >= 15 is 0 Å². The van der Waals surface area contributed by atoms with Gasteiger partial charge in [-0.25, -0.2) is 0 Å². The van der Waals surface area contributed by atoms with Gasteiger partial charge in [-0.3, -0.25) is 0 Å². The quantitative estimate of drug-likeness (QED) is 0.562. The SMILES string of the molecule is Cc1ccc([Se]c2ccc([Se]c3cccs3)s2)s1. The van der Waals surface area contributed by atoms with E-state index in [9.17, 15) is 0 Å². The van der Waals surface area contributed by atoms with Crippen LogP contribution in [0, 0.1) is 6.92 Å². The van der Waals surface area contributed by atoms with Crippen molar-refractivity contribution in [2.24, 2.45) is 0 Å². The molecule has 92 valence electrons. The first-order valence-electron chi connectivity index (χ1n) is 5.35. The summed E-state index contributed by atoms with van der Waals surface area (Å²) in [5.74, 6) is 0. The van der Waals surface area contributed by atoms with Crippen LogP contribution in [0.5, 0.6) is 0 Å². The van der Waals surface area contributed by atoms with Crippen LogP contribution in [0.1, 0.15) is 4.88 Å². The van der Waals surface area contributed by atoms with E-state index in [1.165, 1.54) is 12.4 Å². The molecule has 0 aliphatic carbocycles. The van der Waals surface area contributed by atoms with Crippen LogP contribution in [-0.4, -0.2) is 29.9 Å². The van der Waals surface area contributed by atoms with Crippen molar-refractivity contribution >= 4 is 79.0 Å². The normalized spacial score (nSPS) is 10.9. The molecule has 0 N–H and O–H groups in total. The average Bonchev–Trinajstić information content (AvgIpc) is 3.04. The van der Waals surface area contributed by atoms with Crippen LogP contribution in [0.15, 0.2) is 41.8 Å².